The van der Waals surface area contributed by atoms with Crippen LogP contribution in [0.2, 0.25) is 5.02 Å². The summed E-state index contributed by atoms with van der Waals surface area (Å²) in [6, 6.07) is 9.73. The monoisotopic (exact) mass is 370 g/mol. The molecule has 2 heterocycles. The maximum atomic E-state index is 11.7. The zero-order chi connectivity index (χ0) is 18.1. The third-order valence-electron chi connectivity index (χ3n) is 5.26. The van der Waals surface area contributed by atoms with E-state index in [-0.39, 0.29) is 16.7 Å². The first kappa shape index (κ1) is 17.2. The molecule has 26 heavy (non-hydrogen) atoms. The van der Waals surface area contributed by atoms with Gasteiger partial charge in [-0.25, -0.2) is 0 Å². The minimum Gasteiger partial charge on any atom is -0.490 e. The Morgan fingerprint density at radius 2 is 1.81 bits per heavy atom. The molecule has 1 aliphatic carbocycles. The summed E-state index contributed by atoms with van der Waals surface area (Å²) in [4.78, 5) is 14.2. The Labute approximate surface area is 158 Å². The number of hydrogen-bond acceptors (Lipinski definition) is 3. The largest absolute Gasteiger partial charge is 0.490 e. The van der Waals surface area contributed by atoms with E-state index in [0.29, 0.717) is 0 Å². The normalized spacial score (nSPS) is 17.6. The predicted octanol–water partition coefficient (Wildman–Crippen LogP) is 4.23. The summed E-state index contributed by atoms with van der Waals surface area (Å²) in [5, 5.41) is 0.235. The number of pyridine rings is 1. The van der Waals surface area contributed by atoms with E-state index in [1.807, 2.05) is 24.3 Å². The molecule has 1 saturated heterocycles. The molecule has 0 N–H and O–H groups in total. The fraction of sp³-hybridized carbons (Fsp3) is 0.381. The van der Waals surface area contributed by atoms with Gasteiger partial charge in [0, 0.05) is 44.9 Å². The van der Waals surface area contributed by atoms with Gasteiger partial charge in [-0.3, -0.25) is 4.79 Å². The van der Waals surface area contributed by atoms with E-state index < -0.39 is 0 Å². The standard InChI is InChI=1S/C21H23ClN2O2/c1-23-14-16(13-20(22)21(23)25)15-5-7-18(8-6-15)26-19-9-11-24(12-10-19)17-3-2-4-17/h3,5-8,13-14,19H,2,4,9-12H2,1H3. The van der Waals surface area contributed by atoms with Gasteiger partial charge in [0.2, 0.25) is 0 Å². The van der Waals surface area contributed by atoms with Crippen LogP contribution in [0.5, 0.6) is 5.75 Å². The highest BCUT2D eigenvalue weighted by atomic mass is 35.5. The first-order valence-corrected chi connectivity index (χ1v) is 9.55. The molecule has 136 valence electrons. The van der Waals surface area contributed by atoms with E-state index in [9.17, 15) is 4.79 Å². The fourth-order valence-electron chi connectivity index (χ4n) is 3.57. The minimum atomic E-state index is -0.181. The van der Waals surface area contributed by atoms with Crippen molar-refractivity contribution in [2.75, 3.05) is 13.1 Å². The van der Waals surface area contributed by atoms with E-state index in [0.717, 1.165) is 42.8 Å². The second kappa shape index (κ2) is 7.20. The lowest BCUT2D eigenvalue weighted by atomic mass is 10.0. The van der Waals surface area contributed by atoms with Gasteiger partial charge in [-0.2, -0.15) is 0 Å². The second-order valence-electron chi connectivity index (χ2n) is 7.06. The molecule has 5 heteroatoms. The van der Waals surface area contributed by atoms with Crippen LogP contribution in [-0.4, -0.2) is 28.7 Å². The van der Waals surface area contributed by atoms with Gasteiger partial charge in [-0.15, -0.1) is 0 Å². The van der Waals surface area contributed by atoms with E-state index >= 15 is 0 Å². The van der Waals surface area contributed by atoms with Crippen LogP contribution in [0.1, 0.15) is 25.7 Å². The molecule has 4 nitrogen and oxygen atoms in total. The van der Waals surface area contributed by atoms with Gasteiger partial charge >= 0.3 is 0 Å². The van der Waals surface area contributed by atoms with Crippen LogP contribution >= 0.6 is 11.6 Å². The highest BCUT2D eigenvalue weighted by molar-refractivity contribution is 6.30. The van der Waals surface area contributed by atoms with Crippen molar-refractivity contribution in [1.29, 1.82) is 0 Å². The summed E-state index contributed by atoms with van der Waals surface area (Å²) in [6.45, 7) is 2.18. The SMILES string of the molecule is Cn1cc(-c2ccc(OC3CCN(C4=CCC4)CC3)cc2)cc(Cl)c1=O. The molecule has 0 spiro atoms. The lowest BCUT2D eigenvalue weighted by molar-refractivity contribution is 0.113. The number of aromatic nitrogens is 1. The molecular formula is C21H23ClN2O2. The van der Waals surface area contributed by atoms with Gasteiger partial charge in [-0.1, -0.05) is 29.8 Å². The van der Waals surface area contributed by atoms with Crippen molar-refractivity contribution >= 4 is 11.6 Å². The molecule has 0 unspecified atom stereocenters. The van der Waals surface area contributed by atoms with Crippen molar-refractivity contribution in [3.8, 4) is 16.9 Å². The molecular weight excluding hydrogens is 348 g/mol. The number of rotatable bonds is 4. The predicted molar refractivity (Wildman–Crippen MR) is 105 cm³/mol. The number of halogens is 1. The third kappa shape index (κ3) is 3.51. The van der Waals surface area contributed by atoms with E-state index in [1.165, 1.54) is 23.1 Å². The molecule has 1 aromatic heterocycles. The minimum absolute atomic E-state index is 0.181. The van der Waals surface area contributed by atoms with Gasteiger partial charge in [-0.05, 0) is 42.2 Å². The van der Waals surface area contributed by atoms with Crippen molar-refractivity contribution < 1.29 is 4.74 Å². The second-order valence-corrected chi connectivity index (χ2v) is 7.46. The van der Waals surface area contributed by atoms with Crippen molar-refractivity contribution in [2.45, 2.75) is 31.8 Å². The Kier molecular flexibility index (Phi) is 4.77. The lowest BCUT2D eigenvalue weighted by Crippen LogP contribution is -2.38. The summed E-state index contributed by atoms with van der Waals surface area (Å²) < 4.78 is 7.67. The van der Waals surface area contributed by atoms with Crippen LogP contribution in [0.15, 0.2) is 53.1 Å². The van der Waals surface area contributed by atoms with Gasteiger partial charge in [0.25, 0.3) is 5.56 Å². The Bertz CT molecular complexity index is 852. The number of piperidine rings is 1. The molecule has 1 fully saturated rings. The first-order chi connectivity index (χ1) is 12.6. The smallest absolute Gasteiger partial charge is 0.269 e. The number of allylic oxidation sites excluding steroid dienone is 2. The maximum absolute atomic E-state index is 11.7. The number of hydrogen-bond donors (Lipinski definition) is 0. The number of aryl methyl sites for hydroxylation is 1. The molecule has 4 rings (SSSR count). The number of benzene rings is 1. The summed E-state index contributed by atoms with van der Waals surface area (Å²) >= 11 is 6.01. The summed E-state index contributed by atoms with van der Waals surface area (Å²) in [6.07, 6.45) is 9.02. The van der Waals surface area contributed by atoms with Crippen molar-refractivity contribution in [3.63, 3.8) is 0 Å². The van der Waals surface area contributed by atoms with Crippen molar-refractivity contribution in [2.24, 2.45) is 7.05 Å². The molecule has 1 aliphatic heterocycles. The van der Waals surface area contributed by atoms with Gasteiger partial charge in [0.15, 0.2) is 0 Å². The van der Waals surface area contributed by atoms with Gasteiger partial charge in [0.1, 0.15) is 16.9 Å². The van der Waals surface area contributed by atoms with E-state index in [2.05, 4.69) is 11.0 Å². The Balaban J connectivity index is 1.40. The highest BCUT2D eigenvalue weighted by Crippen LogP contribution is 2.28. The molecule has 1 aromatic carbocycles. The van der Waals surface area contributed by atoms with Crippen LogP contribution in [0.4, 0.5) is 0 Å². The van der Waals surface area contributed by atoms with Crippen LogP contribution in [0.3, 0.4) is 0 Å². The van der Waals surface area contributed by atoms with Gasteiger partial charge < -0.3 is 14.2 Å². The molecule has 0 bridgehead atoms. The average molecular weight is 371 g/mol. The topological polar surface area (TPSA) is 34.5 Å². The highest BCUT2D eigenvalue weighted by Gasteiger charge is 2.23. The molecule has 0 atom stereocenters. The first-order valence-electron chi connectivity index (χ1n) is 9.17. The molecule has 0 amide bonds. The maximum Gasteiger partial charge on any atom is 0.269 e. The Morgan fingerprint density at radius 1 is 1.12 bits per heavy atom. The van der Waals surface area contributed by atoms with Crippen molar-refractivity contribution in [1.82, 2.24) is 9.47 Å². The quantitative estimate of drug-likeness (QED) is 0.807. The third-order valence-corrected chi connectivity index (χ3v) is 5.53. The van der Waals surface area contributed by atoms with Gasteiger partial charge in [0.05, 0.1) is 0 Å². The summed E-state index contributed by atoms with van der Waals surface area (Å²) in [5.41, 5.74) is 3.27. The van der Waals surface area contributed by atoms with E-state index in [4.69, 9.17) is 16.3 Å². The zero-order valence-corrected chi connectivity index (χ0v) is 15.7. The average Bonchev–Trinajstić information content (AvgIpc) is 2.60. The Morgan fingerprint density at radius 3 is 2.38 bits per heavy atom. The van der Waals surface area contributed by atoms with Crippen LogP contribution < -0.4 is 10.3 Å². The van der Waals surface area contributed by atoms with Crippen molar-refractivity contribution in [3.05, 3.63) is 63.7 Å². The summed E-state index contributed by atoms with van der Waals surface area (Å²) in [7, 11) is 1.71. The Hall–Kier alpha value is -2.20. The van der Waals surface area contributed by atoms with E-state index in [1.54, 1.807) is 19.3 Å². The molecule has 0 radical (unpaired) electrons. The number of likely N-dealkylation sites (tertiary alicyclic amines) is 1. The molecule has 0 saturated carbocycles. The lowest BCUT2D eigenvalue weighted by Gasteiger charge is -2.37. The summed E-state index contributed by atoms with van der Waals surface area (Å²) in [5.74, 6) is 0.894. The number of nitrogens with zero attached hydrogens (tertiary/aromatic N) is 2. The molecule has 2 aromatic rings. The van der Waals surface area contributed by atoms with Crippen LogP contribution in [0.25, 0.3) is 11.1 Å². The molecule has 2 aliphatic rings. The van der Waals surface area contributed by atoms with Crippen LogP contribution in [0, 0.1) is 0 Å². The van der Waals surface area contributed by atoms with Crippen LogP contribution in [-0.2, 0) is 7.05 Å². The fourth-order valence-corrected chi connectivity index (χ4v) is 3.82. The number of ether oxygens (including phenoxy) is 1. The zero-order valence-electron chi connectivity index (χ0n) is 15.0.